The summed E-state index contributed by atoms with van der Waals surface area (Å²) in [4.78, 5) is 24.7. The highest BCUT2D eigenvalue weighted by Gasteiger charge is 2.16. The number of unbranched alkanes of at least 4 members (excludes halogenated alkanes) is 65. The molecule has 0 aliphatic heterocycles. The molecule has 0 aromatic rings. The van der Waals surface area contributed by atoms with Gasteiger partial charge < -0.3 is 14.6 Å². The monoisotopic (exact) mass is 1140 g/mol. The first kappa shape index (κ1) is 79.9. The maximum atomic E-state index is 12.4. The van der Waals surface area contributed by atoms with Gasteiger partial charge in [0.15, 0.2) is 6.10 Å². The van der Waals surface area contributed by atoms with Gasteiger partial charge in [-0.1, -0.05) is 431 Å². The van der Waals surface area contributed by atoms with Gasteiger partial charge in [0.2, 0.25) is 0 Å². The van der Waals surface area contributed by atoms with Crippen molar-refractivity contribution in [2.24, 2.45) is 0 Å². The molecular formula is C76H150O5. The van der Waals surface area contributed by atoms with Crippen LogP contribution in [0, 0.1) is 0 Å². The molecule has 0 rings (SSSR count). The molecule has 0 aromatic heterocycles. The molecule has 0 fully saturated rings. The van der Waals surface area contributed by atoms with Crippen molar-refractivity contribution in [2.75, 3.05) is 13.2 Å². The average molecular weight is 1140 g/mol. The molecule has 0 saturated carbocycles. The van der Waals surface area contributed by atoms with E-state index >= 15 is 0 Å². The second kappa shape index (κ2) is 73.2. The lowest BCUT2D eigenvalue weighted by Gasteiger charge is -2.15. The van der Waals surface area contributed by atoms with Gasteiger partial charge in [-0.05, 0) is 12.8 Å². The molecule has 1 unspecified atom stereocenters. The summed E-state index contributed by atoms with van der Waals surface area (Å²) in [5.41, 5.74) is 0. The van der Waals surface area contributed by atoms with Crippen LogP contribution in [0.15, 0.2) is 0 Å². The Morgan fingerprint density at radius 3 is 0.543 bits per heavy atom. The SMILES string of the molecule is CCCCCCCCCCCCCCCCCCCCCCCCCCCCCCCCCCCCCCC(=O)OC(CO)COC(=O)CCCCCCCCCCCCCCCCCCCCCCCCCCCCCCCCC. The van der Waals surface area contributed by atoms with Crippen molar-refractivity contribution in [2.45, 2.75) is 463 Å². The van der Waals surface area contributed by atoms with E-state index in [9.17, 15) is 14.7 Å². The van der Waals surface area contributed by atoms with Crippen molar-refractivity contribution in [3.05, 3.63) is 0 Å². The van der Waals surface area contributed by atoms with E-state index in [2.05, 4.69) is 13.8 Å². The van der Waals surface area contributed by atoms with Gasteiger partial charge in [0.05, 0.1) is 6.61 Å². The number of rotatable bonds is 73. The molecule has 0 aliphatic carbocycles. The van der Waals surface area contributed by atoms with Crippen molar-refractivity contribution in [3.63, 3.8) is 0 Å². The van der Waals surface area contributed by atoms with Gasteiger partial charge in [0.1, 0.15) is 6.61 Å². The Hall–Kier alpha value is -1.10. The standard InChI is InChI=1S/C76H150O5/c1-3-5-7-9-11-13-15-17-19-21-23-25-27-29-31-33-35-36-37-38-39-41-43-45-47-49-51-53-55-57-59-61-63-65-67-69-71-76(79)81-74(72-77)73-80-75(78)70-68-66-64-62-60-58-56-54-52-50-48-46-44-42-40-34-32-30-28-26-24-22-20-18-16-14-12-10-8-6-4-2/h74,77H,3-73H2,1-2H3. The summed E-state index contributed by atoms with van der Waals surface area (Å²) in [6, 6.07) is 0. The van der Waals surface area contributed by atoms with Gasteiger partial charge in [-0.3, -0.25) is 9.59 Å². The molecule has 0 spiro atoms. The molecule has 0 heterocycles. The van der Waals surface area contributed by atoms with Crippen molar-refractivity contribution < 1.29 is 24.2 Å². The topological polar surface area (TPSA) is 72.8 Å². The fourth-order valence-electron chi connectivity index (χ4n) is 12.4. The van der Waals surface area contributed by atoms with Crippen LogP contribution in [0.2, 0.25) is 0 Å². The van der Waals surface area contributed by atoms with E-state index in [0.717, 1.165) is 32.1 Å². The Morgan fingerprint density at radius 2 is 0.383 bits per heavy atom. The maximum Gasteiger partial charge on any atom is 0.306 e. The third-order valence-corrected chi connectivity index (χ3v) is 18.2. The van der Waals surface area contributed by atoms with Gasteiger partial charge in [0, 0.05) is 12.8 Å². The molecule has 484 valence electrons. The van der Waals surface area contributed by atoms with E-state index in [4.69, 9.17) is 9.47 Å². The zero-order valence-corrected chi connectivity index (χ0v) is 55.9. The summed E-state index contributed by atoms with van der Waals surface area (Å²) in [6.45, 7) is 4.23. The number of carbonyl (C=O) groups is 2. The zero-order valence-electron chi connectivity index (χ0n) is 55.9. The molecule has 5 nitrogen and oxygen atoms in total. The lowest BCUT2D eigenvalue weighted by molar-refractivity contribution is -0.161. The first-order valence-electron chi connectivity index (χ1n) is 38.1. The van der Waals surface area contributed by atoms with Crippen LogP contribution >= 0.6 is 0 Å². The minimum atomic E-state index is -0.766. The predicted molar refractivity (Wildman–Crippen MR) is 358 cm³/mol. The summed E-state index contributed by atoms with van der Waals surface area (Å²) in [6.07, 6.45) is 93.3. The van der Waals surface area contributed by atoms with E-state index in [-0.39, 0.29) is 25.2 Å². The zero-order chi connectivity index (χ0) is 58.4. The summed E-state index contributed by atoms with van der Waals surface area (Å²) in [5, 5.41) is 9.72. The fourth-order valence-corrected chi connectivity index (χ4v) is 12.4. The number of ether oxygens (including phenoxy) is 2. The van der Waals surface area contributed by atoms with Gasteiger partial charge in [-0.15, -0.1) is 0 Å². The first-order valence-corrected chi connectivity index (χ1v) is 38.1. The maximum absolute atomic E-state index is 12.4. The smallest absolute Gasteiger partial charge is 0.306 e. The molecule has 81 heavy (non-hydrogen) atoms. The van der Waals surface area contributed by atoms with Crippen LogP contribution in [-0.2, 0) is 19.1 Å². The number of esters is 2. The third kappa shape index (κ3) is 71.3. The Kier molecular flexibility index (Phi) is 72.2. The highest BCUT2D eigenvalue weighted by atomic mass is 16.6. The molecule has 0 amide bonds. The molecule has 0 aromatic carbocycles. The third-order valence-electron chi connectivity index (χ3n) is 18.2. The van der Waals surface area contributed by atoms with Gasteiger partial charge in [-0.2, -0.15) is 0 Å². The predicted octanol–water partition coefficient (Wildman–Crippen LogP) is 26.4. The van der Waals surface area contributed by atoms with Crippen LogP contribution in [0.4, 0.5) is 0 Å². The van der Waals surface area contributed by atoms with Crippen LogP contribution in [0.25, 0.3) is 0 Å². The fraction of sp³-hybridized carbons (Fsp3) is 0.974. The lowest BCUT2D eigenvalue weighted by Crippen LogP contribution is -2.28. The van der Waals surface area contributed by atoms with Crippen LogP contribution in [0.5, 0.6) is 0 Å². The normalized spacial score (nSPS) is 12.0. The molecule has 0 aliphatic rings. The lowest BCUT2D eigenvalue weighted by atomic mass is 10.0. The van der Waals surface area contributed by atoms with E-state index in [1.807, 2.05) is 0 Å². The summed E-state index contributed by atoms with van der Waals surface area (Å²) in [5.74, 6) is -0.556. The Morgan fingerprint density at radius 1 is 0.235 bits per heavy atom. The van der Waals surface area contributed by atoms with Gasteiger partial charge >= 0.3 is 11.9 Å². The number of carbonyl (C=O) groups excluding carboxylic acids is 2. The first-order chi connectivity index (χ1) is 40.1. The second-order valence-corrected chi connectivity index (χ2v) is 26.5. The van der Waals surface area contributed by atoms with Crippen LogP contribution in [-0.4, -0.2) is 36.4 Å². The second-order valence-electron chi connectivity index (χ2n) is 26.5. The van der Waals surface area contributed by atoms with Crippen molar-refractivity contribution >= 4 is 11.9 Å². The molecule has 0 saturated heterocycles. The van der Waals surface area contributed by atoms with Gasteiger partial charge in [-0.25, -0.2) is 0 Å². The minimum Gasteiger partial charge on any atom is -0.462 e. The largest absolute Gasteiger partial charge is 0.462 e. The number of aliphatic hydroxyl groups excluding tert-OH is 1. The summed E-state index contributed by atoms with van der Waals surface area (Å²) < 4.78 is 10.8. The van der Waals surface area contributed by atoms with E-state index < -0.39 is 6.10 Å². The average Bonchev–Trinajstić information content (AvgIpc) is 3.47. The summed E-state index contributed by atoms with van der Waals surface area (Å²) >= 11 is 0. The molecule has 1 N–H and O–H groups in total. The van der Waals surface area contributed by atoms with Crippen molar-refractivity contribution in [3.8, 4) is 0 Å². The van der Waals surface area contributed by atoms with Crippen LogP contribution in [0.1, 0.15) is 457 Å². The van der Waals surface area contributed by atoms with Gasteiger partial charge in [0.25, 0.3) is 0 Å². The van der Waals surface area contributed by atoms with E-state index in [0.29, 0.717) is 12.8 Å². The molecule has 1 atom stereocenters. The summed E-state index contributed by atoms with van der Waals surface area (Å²) in [7, 11) is 0. The number of hydrogen-bond acceptors (Lipinski definition) is 5. The van der Waals surface area contributed by atoms with Crippen molar-refractivity contribution in [1.29, 1.82) is 0 Å². The molecule has 0 bridgehead atoms. The number of hydrogen-bond donors (Lipinski definition) is 1. The molecule has 5 heteroatoms. The minimum absolute atomic E-state index is 0.0552. The van der Waals surface area contributed by atoms with Crippen molar-refractivity contribution in [1.82, 2.24) is 0 Å². The van der Waals surface area contributed by atoms with E-state index in [1.165, 1.54) is 398 Å². The Labute approximate surface area is 509 Å². The van der Waals surface area contributed by atoms with Crippen LogP contribution < -0.4 is 0 Å². The quantitative estimate of drug-likeness (QED) is 0.0485. The highest BCUT2D eigenvalue weighted by Crippen LogP contribution is 2.21. The Balaban J connectivity index is 3.33. The van der Waals surface area contributed by atoms with E-state index in [1.54, 1.807) is 0 Å². The number of aliphatic hydroxyl groups is 1. The highest BCUT2D eigenvalue weighted by molar-refractivity contribution is 5.70. The Bertz CT molecular complexity index is 1160. The molecule has 0 radical (unpaired) electrons. The van der Waals surface area contributed by atoms with Crippen LogP contribution in [0.3, 0.4) is 0 Å². The molecular weight excluding hydrogens is 993 g/mol.